The van der Waals surface area contributed by atoms with Crippen molar-refractivity contribution in [3.05, 3.63) is 26.3 Å². The molecule has 0 aliphatic heterocycles. The Hall–Kier alpha value is -0.230. The zero-order valence-corrected chi connectivity index (χ0v) is 11.5. The van der Waals surface area contributed by atoms with Gasteiger partial charge in [-0.1, -0.05) is 0 Å². The van der Waals surface area contributed by atoms with Crippen molar-refractivity contribution in [2.45, 2.75) is 6.42 Å². The van der Waals surface area contributed by atoms with Gasteiger partial charge < -0.3 is 5.32 Å². The molecule has 0 aliphatic rings. The second kappa shape index (κ2) is 5.21. The predicted molar refractivity (Wildman–Crippen MR) is 70.8 cm³/mol. The summed E-state index contributed by atoms with van der Waals surface area (Å²) in [5.41, 5.74) is 1.10. The molecule has 2 heterocycles. The van der Waals surface area contributed by atoms with E-state index in [4.69, 9.17) is 0 Å². The monoisotopic (exact) mass is 302 g/mol. The zero-order valence-electron chi connectivity index (χ0n) is 8.29. The van der Waals surface area contributed by atoms with Gasteiger partial charge in [0.2, 0.25) is 0 Å². The minimum atomic E-state index is 0.987. The number of aromatic nitrogens is 1. The van der Waals surface area contributed by atoms with Crippen LogP contribution in [0.4, 0.5) is 0 Å². The second-order valence-electron chi connectivity index (χ2n) is 3.11. The summed E-state index contributed by atoms with van der Waals surface area (Å²) < 4.78 is 1.13. The number of halogens is 1. The van der Waals surface area contributed by atoms with Gasteiger partial charge in [-0.05, 0) is 29.0 Å². The van der Waals surface area contributed by atoms with Gasteiger partial charge in [-0.2, -0.15) is 0 Å². The van der Waals surface area contributed by atoms with Crippen molar-refractivity contribution in [2.24, 2.45) is 0 Å². The highest BCUT2D eigenvalue weighted by molar-refractivity contribution is 9.10. The number of hydrogen-bond acceptors (Lipinski definition) is 4. The van der Waals surface area contributed by atoms with Crippen LogP contribution in [0.1, 0.15) is 5.01 Å². The Morgan fingerprint density at radius 3 is 2.93 bits per heavy atom. The number of rotatable bonds is 4. The molecule has 0 bridgehead atoms. The van der Waals surface area contributed by atoms with Gasteiger partial charge in [-0.15, -0.1) is 22.7 Å². The minimum absolute atomic E-state index is 0.987. The number of likely N-dealkylation sites (N-methyl/N-ethyl adjacent to an activating group) is 1. The molecule has 2 aromatic heterocycles. The van der Waals surface area contributed by atoms with Gasteiger partial charge in [0.15, 0.2) is 0 Å². The molecule has 0 fully saturated rings. The van der Waals surface area contributed by atoms with Crippen LogP contribution in [-0.2, 0) is 6.42 Å². The smallest absolute Gasteiger partial charge is 0.0945 e. The van der Waals surface area contributed by atoms with Crippen LogP contribution >= 0.6 is 38.6 Å². The summed E-state index contributed by atoms with van der Waals surface area (Å²) in [6.45, 7) is 0.987. The van der Waals surface area contributed by atoms with Crippen LogP contribution in [0.3, 0.4) is 0 Å². The lowest BCUT2D eigenvalue weighted by Gasteiger charge is -1.93. The van der Waals surface area contributed by atoms with Crippen molar-refractivity contribution in [3.63, 3.8) is 0 Å². The van der Waals surface area contributed by atoms with Gasteiger partial charge in [0.05, 0.1) is 15.6 Å². The highest BCUT2D eigenvalue weighted by Gasteiger charge is 2.06. The lowest BCUT2D eigenvalue weighted by molar-refractivity contribution is 0.788. The predicted octanol–water partition coefficient (Wildman–Crippen LogP) is 3.40. The third-order valence-corrected chi connectivity index (χ3v) is 4.58. The summed E-state index contributed by atoms with van der Waals surface area (Å²) >= 11 is 6.91. The maximum absolute atomic E-state index is 4.60. The Balaban J connectivity index is 2.13. The molecule has 0 unspecified atom stereocenters. The topological polar surface area (TPSA) is 24.9 Å². The van der Waals surface area contributed by atoms with E-state index in [9.17, 15) is 0 Å². The van der Waals surface area contributed by atoms with Crippen LogP contribution < -0.4 is 5.32 Å². The molecule has 0 aromatic carbocycles. The van der Waals surface area contributed by atoms with E-state index >= 15 is 0 Å². The number of nitrogens with one attached hydrogen (secondary N) is 1. The first-order valence-electron chi connectivity index (χ1n) is 4.63. The SMILES string of the molecule is CNCCc1nc(-c2cc(Br)cs2)cs1. The molecular formula is C10H11BrN2S2. The van der Waals surface area contributed by atoms with Crippen LogP contribution in [-0.4, -0.2) is 18.6 Å². The van der Waals surface area contributed by atoms with Crippen molar-refractivity contribution in [1.29, 1.82) is 0 Å². The molecule has 80 valence electrons. The van der Waals surface area contributed by atoms with E-state index in [1.54, 1.807) is 22.7 Å². The molecule has 2 nitrogen and oxygen atoms in total. The largest absolute Gasteiger partial charge is 0.319 e. The fraction of sp³-hybridized carbons (Fsp3) is 0.300. The average Bonchev–Trinajstić information content (AvgIpc) is 2.83. The van der Waals surface area contributed by atoms with Crippen LogP contribution in [0, 0.1) is 0 Å². The van der Waals surface area contributed by atoms with Crippen LogP contribution in [0.5, 0.6) is 0 Å². The van der Waals surface area contributed by atoms with Gasteiger partial charge in [0.1, 0.15) is 0 Å². The summed E-state index contributed by atoms with van der Waals surface area (Å²) in [5, 5.41) is 8.54. The maximum atomic E-state index is 4.60. The summed E-state index contributed by atoms with van der Waals surface area (Å²) in [6.07, 6.45) is 1.01. The van der Waals surface area contributed by atoms with E-state index in [0.29, 0.717) is 0 Å². The van der Waals surface area contributed by atoms with Crippen molar-refractivity contribution in [2.75, 3.05) is 13.6 Å². The van der Waals surface area contributed by atoms with Gasteiger partial charge in [0, 0.05) is 28.2 Å². The Labute approximate surface area is 106 Å². The van der Waals surface area contributed by atoms with E-state index in [-0.39, 0.29) is 0 Å². The fourth-order valence-corrected chi connectivity index (χ4v) is 3.48. The van der Waals surface area contributed by atoms with Gasteiger partial charge in [0.25, 0.3) is 0 Å². The molecule has 1 N–H and O–H groups in total. The van der Waals surface area contributed by atoms with Gasteiger partial charge in [-0.25, -0.2) is 4.98 Å². The molecule has 5 heteroatoms. The second-order valence-corrected chi connectivity index (χ2v) is 5.88. The summed E-state index contributed by atoms with van der Waals surface area (Å²) in [7, 11) is 1.96. The Morgan fingerprint density at radius 1 is 1.40 bits per heavy atom. The quantitative estimate of drug-likeness (QED) is 0.936. The third kappa shape index (κ3) is 2.87. The Kier molecular flexibility index (Phi) is 3.91. The summed E-state index contributed by atoms with van der Waals surface area (Å²) in [4.78, 5) is 5.83. The lowest BCUT2D eigenvalue weighted by atomic mass is 10.4. The number of hydrogen-bond donors (Lipinski definition) is 1. The van der Waals surface area contributed by atoms with Gasteiger partial charge in [-0.3, -0.25) is 0 Å². The third-order valence-electron chi connectivity index (χ3n) is 1.96. The van der Waals surface area contributed by atoms with Crippen molar-refractivity contribution < 1.29 is 0 Å². The Morgan fingerprint density at radius 2 is 2.27 bits per heavy atom. The molecule has 0 atom stereocenters. The lowest BCUT2D eigenvalue weighted by Crippen LogP contribution is -2.09. The minimum Gasteiger partial charge on any atom is -0.319 e. The highest BCUT2D eigenvalue weighted by Crippen LogP contribution is 2.30. The Bertz CT molecular complexity index is 436. The average molecular weight is 303 g/mol. The van der Waals surface area contributed by atoms with Crippen LogP contribution in [0.2, 0.25) is 0 Å². The number of thiazole rings is 1. The first-order chi connectivity index (χ1) is 7.29. The van der Waals surface area contributed by atoms with Gasteiger partial charge >= 0.3 is 0 Å². The molecule has 0 radical (unpaired) electrons. The molecule has 0 aliphatic carbocycles. The van der Waals surface area contributed by atoms with Crippen molar-refractivity contribution in [3.8, 4) is 10.6 Å². The van der Waals surface area contributed by atoms with E-state index in [1.165, 1.54) is 9.88 Å². The normalized spacial score (nSPS) is 10.8. The zero-order chi connectivity index (χ0) is 10.7. The molecule has 0 spiro atoms. The van der Waals surface area contributed by atoms with Crippen LogP contribution in [0.15, 0.2) is 21.3 Å². The maximum Gasteiger partial charge on any atom is 0.0945 e. The molecule has 0 amide bonds. The standard InChI is InChI=1S/C10H11BrN2S2/c1-12-3-2-10-13-8(6-15-10)9-4-7(11)5-14-9/h4-6,12H,2-3H2,1H3. The molecule has 15 heavy (non-hydrogen) atoms. The number of thiophene rings is 1. The molecule has 0 saturated heterocycles. The first-order valence-corrected chi connectivity index (χ1v) is 7.18. The molecule has 0 saturated carbocycles. The number of nitrogens with zero attached hydrogens (tertiary/aromatic N) is 1. The summed E-state index contributed by atoms with van der Waals surface area (Å²) in [6, 6.07) is 2.11. The van der Waals surface area contributed by atoms with E-state index < -0.39 is 0 Å². The van der Waals surface area contributed by atoms with Crippen molar-refractivity contribution in [1.82, 2.24) is 10.3 Å². The summed E-state index contributed by atoms with van der Waals surface area (Å²) in [5.74, 6) is 0. The molecular weight excluding hydrogens is 292 g/mol. The molecule has 2 aromatic rings. The fourth-order valence-electron chi connectivity index (χ4n) is 1.22. The van der Waals surface area contributed by atoms with E-state index in [1.807, 2.05) is 7.05 Å². The van der Waals surface area contributed by atoms with E-state index in [0.717, 1.165) is 23.1 Å². The van der Waals surface area contributed by atoms with Crippen molar-refractivity contribution >= 4 is 38.6 Å². The van der Waals surface area contributed by atoms with E-state index in [2.05, 4.69) is 43.1 Å². The highest BCUT2D eigenvalue weighted by atomic mass is 79.9. The first kappa shape index (κ1) is 11.3. The van der Waals surface area contributed by atoms with Crippen LogP contribution in [0.25, 0.3) is 10.6 Å². The molecule has 2 rings (SSSR count).